The van der Waals surface area contributed by atoms with Crippen LogP contribution in [0.3, 0.4) is 0 Å². The molecule has 1 aromatic rings. The standard InChI is InChI=1S/C12H17F3N4/c1-2-10-17-9(16)7-11(18-10)19-5-3-8(4-6-19)12(13,14)15/h7-8H,2-6H2,1H3,(H2,16,17,18). The van der Waals surface area contributed by atoms with Crippen molar-refractivity contribution in [3.63, 3.8) is 0 Å². The Morgan fingerprint density at radius 3 is 2.47 bits per heavy atom. The maximum atomic E-state index is 12.6. The van der Waals surface area contributed by atoms with Gasteiger partial charge in [-0.1, -0.05) is 6.92 Å². The van der Waals surface area contributed by atoms with E-state index in [1.165, 1.54) is 0 Å². The van der Waals surface area contributed by atoms with Crippen LogP contribution in [0.25, 0.3) is 0 Å². The van der Waals surface area contributed by atoms with Crippen molar-refractivity contribution < 1.29 is 13.2 Å². The predicted molar refractivity (Wildman–Crippen MR) is 66.8 cm³/mol. The topological polar surface area (TPSA) is 55.0 Å². The van der Waals surface area contributed by atoms with E-state index in [0.717, 1.165) is 0 Å². The first-order valence-corrected chi connectivity index (χ1v) is 6.35. The molecule has 0 saturated carbocycles. The van der Waals surface area contributed by atoms with Crippen LogP contribution in [0.1, 0.15) is 25.6 Å². The highest BCUT2D eigenvalue weighted by Gasteiger charge is 2.41. The molecule has 1 saturated heterocycles. The maximum absolute atomic E-state index is 12.6. The van der Waals surface area contributed by atoms with Crippen molar-refractivity contribution in [1.29, 1.82) is 0 Å². The number of hydrogen-bond acceptors (Lipinski definition) is 4. The fraction of sp³-hybridized carbons (Fsp3) is 0.667. The summed E-state index contributed by atoms with van der Waals surface area (Å²) in [6.45, 7) is 2.61. The molecule has 2 rings (SSSR count). The van der Waals surface area contributed by atoms with E-state index in [0.29, 0.717) is 37.0 Å². The Hall–Kier alpha value is -1.53. The summed E-state index contributed by atoms with van der Waals surface area (Å²) in [5.41, 5.74) is 5.68. The van der Waals surface area contributed by atoms with Gasteiger partial charge in [-0.3, -0.25) is 0 Å². The lowest BCUT2D eigenvalue weighted by Crippen LogP contribution is -2.39. The van der Waals surface area contributed by atoms with Crippen molar-refractivity contribution in [2.24, 2.45) is 5.92 Å². The number of aromatic nitrogens is 2. The van der Waals surface area contributed by atoms with Crippen LogP contribution in [0.2, 0.25) is 0 Å². The molecule has 1 aromatic heterocycles. The second-order valence-electron chi connectivity index (χ2n) is 4.72. The predicted octanol–water partition coefficient (Wildman–Crippen LogP) is 2.40. The number of halogens is 3. The normalized spacial score (nSPS) is 17.8. The second kappa shape index (κ2) is 5.22. The zero-order valence-corrected chi connectivity index (χ0v) is 10.7. The van der Waals surface area contributed by atoms with Gasteiger partial charge in [-0.05, 0) is 12.8 Å². The lowest BCUT2D eigenvalue weighted by Gasteiger charge is -2.33. The Kier molecular flexibility index (Phi) is 3.82. The molecule has 0 aromatic carbocycles. The van der Waals surface area contributed by atoms with Crippen molar-refractivity contribution in [3.05, 3.63) is 11.9 Å². The van der Waals surface area contributed by atoms with Crippen LogP contribution in [0.4, 0.5) is 24.8 Å². The Labute approximate surface area is 109 Å². The molecule has 4 nitrogen and oxygen atoms in total. The van der Waals surface area contributed by atoms with Crippen LogP contribution in [0.15, 0.2) is 6.07 Å². The third-order valence-corrected chi connectivity index (χ3v) is 3.38. The molecule has 0 radical (unpaired) electrons. The zero-order chi connectivity index (χ0) is 14.0. The minimum Gasteiger partial charge on any atom is -0.384 e. The number of anilines is 2. The summed E-state index contributed by atoms with van der Waals surface area (Å²) in [4.78, 5) is 10.2. The highest BCUT2D eigenvalue weighted by molar-refractivity contribution is 5.47. The van der Waals surface area contributed by atoms with Gasteiger partial charge in [0.25, 0.3) is 0 Å². The van der Waals surface area contributed by atoms with Gasteiger partial charge in [0.1, 0.15) is 17.5 Å². The quantitative estimate of drug-likeness (QED) is 0.899. The average molecular weight is 274 g/mol. The Morgan fingerprint density at radius 2 is 1.95 bits per heavy atom. The Bertz CT molecular complexity index is 439. The van der Waals surface area contributed by atoms with E-state index < -0.39 is 12.1 Å². The van der Waals surface area contributed by atoms with Gasteiger partial charge in [0.2, 0.25) is 0 Å². The number of piperidine rings is 1. The molecule has 106 valence electrons. The van der Waals surface area contributed by atoms with Crippen molar-refractivity contribution in [2.75, 3.05) is 23.7 Å². The number of rotatable bonds is 2. The summed E-state index contributed by atoms with van der Waals surface area (Å²) in [5, 5.41) is 0. The average Bonchev–Trinajstić information content (AvgIpc) is 2.37. The van der Waals surface area contributed by atoms with Gasteiger partial charge >= 0.3 is 6.18 Å². The van der Waals surface area contributed by atoms with Gasteiger partial charge in [-0.15, -0.1) is 0 Å². The van der Waals surface area contributed by atoms with E-state index in [1.807, 2.05) is 11.8 Å². The molecule has 1 aliphatic rings. The minimum absolute atomic E-state index is 0.106. The Morgan fingerprint density at radius 1 is 1.32 bits per heavy atom. The summed E-state index contributed by atoms with van der Waals surface area (Å²) >= 11 is 0. The van der Waals surface area contributed by atoms with E-state index in [-0.39, 0.29) is 12.8 Å². The minimum atomic E-state index is -4.09. The molecule has 2 heterocycles. The molecule has 7 heteroatoms. The molecule has 0 unspecified atom stereocenters. The zero-order valence-electron chi connectivity index (χ0n) is 10.7. The van der Waals surface area contributed by atoms with E-state index in [1.54, 1.807) is 6.07 Å². The monoisotopic (exact) mass is 274 g/mol. The molecular formula is C12H17F3N4. The van der Waals surface area contributed by atoms with Crippen molar-refractivity contribution in [1.82, 2.24) is 9.97 Å². The first-order chi connectivity index (χ1) is 8.90. The van der Waals surface area contributed by atoms with Gasteiger partial charge in [-0.2, -0.15) is 13.2 Å². The third kappa shape index (κ3) is 3.27. The van der Waals surface area contributed by atoms with E-state index in [9.17, 15) is 13.2 Å². The van der Waals surface area contributed by atoms with E-state index >= 15 is 0 Å². The maximum Gasteiger partial charge on any atom is 0.391 e. The molecule has 1 aliphatic heterocycles. The van der Waals surface area contributed by atoms with Gasteiger partial charge < -0.3 is 10.6 Å². The second-order valence-corrected chi connectivity index (χ2v) is 4.72. The first kappa shape index (κ1) is 13.9. The van der Waals surface area contributed by atoms with Crippen LogP contribution in [0.5, 0.6) is 0 Å². The number of aryl methyl sites for hydroxylation is 1. The Balaban J connectivity index is 2.07. The van der Waals surface area contributed by atoms with Crippen LogP contribution in [0, 0.1) is 5.92 Å². The lowest BCUT2D eigenvalue weighted by molar-refractivity contribution is -0.179. The van der Waals surface area contributed by atoms with Crippen molar-refractivity contribution in [3.8, 4) is 0 Å². The lowest BCUT2D eigenvalue weighted by atomic mass is 9.96. The number of alkyl halides is 3. The largest absolute Gasteiger partial charge is 0.391 e. The summed E-state index contributed by atoms with van der Waals surface area (Å²) in [6.07, 6.45) is -3.23. The molecule has 2 N–H and O–H groups in total. The molecule has 0 aliphatic carbocycles. The van der Waals surface area contributed by atoms with Crippen molar-refractivity contribution >= 4 is 11.6 Å². The van der Waals surface area contributed by atoms with E-state index in [2.05, 4.69) is 9.97 Å². The molecule has 0 atom stereocenters. The van der Waals surface area contributed by atoms with E-state index in [4.69, 9.17) is 5.73 Å². The number of nitrogens with two attached hydrogens (primary N) is 1. The SMILES string of the molecule is CCc1nc(N)cc(N2CCC(C(F)(F)F)CC2)n1. The van der Waals surface area contributed by atoms with Crippen molar-refractivity contribution in [2.45, 2.75) is 32.4 Å². The van der Waals surface area contributed by atoms with Crippen LogP contribution in [-0.4, -0.2) is 29.2 Å². The van der Waals surface area contributed by atoms with Gasteiger partial charge in [0.15, 0.2) is 0 Å². The molecule has 0 amide bonds. The van der Waals surface area contributed by atoms with Crippen LogP contribution >= 0.6 is 0 Å². The van der Waals surface area contributed by atoms with Gasteiger partial charge in [-0.25, -0.2) is 9.97 Å². The summed E-state index contributed by atoms with van der Waals surface area (Å²) in [7, 11) is 0. The number of nitrogen functional groups attached to an aromatic ring is 1. The summed E-state index contributed by atoms with van der Waals surface area (Å²) in [5.74, 6) is 0.409. The highest BCUT2D eigenvalue weighted by Crippen LogP contribution is 2.35. The fourth-order valence-electron chi connectivity index (χ4n) is 2.26. The van der Waals surface area contributed by atoms with Gasteiger partial charge in [0, 0.05) is 25.6 Å². The molecule has 19 heavy (non-hydrogen) atoms. The smallest absolute Gasteiger partial charge is 0.384 e. The number of nitrogens with zero attached hydrogens (tertiary/aromatic N) is 3. The summed E-state index contributed by atoms with van der Waals surface area (Å²) < 4.78 is 37.8. The van der Waals surface area contributed by atoms with Gasteiger partial charge in [0.05, 0.1) is 5.92 Å². The molecule has 0 spiro atoms. The number of hydrogen-bond donors (Lipinski definition) is 1. The third-order valence-electron chi connectivity index (χ3n) is 3.38. The van der Waals surface area contributed by atoms with Crippen LogP contribution < -0.4 is 10.6 Å². The van der Waals surface area contributed by atoms with Crippen LogP contribution in [-0.2, 0) is 6.42 Å². The molecule has 1 fully saturated rings. The first-order valence-electron chi connectivity index (χ1n) is 6.35. The highest BCUT2D eigenvalue weighted by atomic mass is 19.4. The molecular weight excluding hydrogens is 257 g/mol. The molecule has 0 bridgehead atoms. The summed E-state index contributed by atoms with van der Waals surface area (Å²) in [6, 6.07) is 1.62. The fourth-order valence-corrected chi connectivity index (χ4v) is 2.26.